The summed E-state index contributed by atoms with van der Waals surface area (Å²) in [4.78, 5) is 25.7. The van der Waals surface area contributed by atoms with Gasteiger partial charge in [0.1, 0.15) is 6.04 Å². The zero-order valence-corrected chi connectivity index (χ0v) is 21.5. The summed E-state index contributed by atoms with van der Waals surface area (Å²) in [5, 5.41) is 23.3. The van der Waals surface area contributed by atoms with Crippen LogP contribution < -0.4 is 15.8 Å². The first-order valence-corrected chi connectivity index (χ1v) is 13.7. The summed E-state index contributed by atoms with van der Waals surface area (Å²) in [7, 11) is -4.10. The molecule has 11 nitrogen and oxygen atoms in total. The first-order chi connectivity index (χ1) is 18.1. The van der Waals surface area contributed by atoms with E-state index in [9.17, 15) is 23.3 Å². The number of rotatable bonds is 9. The van der Waals surface area contributed by atoms with Gasteiger partial charge in [-0.3, -0.25) is 20.3 Å². The fraction of sp³-hybridized carbons (Fsp3) is 0.308. The van der Waals surface area contributed by atoms with E-state index in [-0.39, 0.29) is 35.4 Å². The summed E-state index contributed by atoms with van der Waals surface area (Å²) in [6.07, 6.45) is 1.58. The third kappa shape index (κ3) is 6.64. The molecule has 0 aromatic heterocycles. The van der Waals surface area contributed by atoms with E-state index in [1.54, 1.807) is 29.2 Å². The van der Waals surface area contributed by atoms with Crippen molar-refractivity contribution in [3.05, 3.63) is 82.4 Å². The highest BCUT2D eigenvalue weighted by molar-refractivity contribution is 7.89. The van der Waals surface area contributed by atoms with Crippen molar-refractivity contribution in [1.29, 1.82) is 5.41 Å². The van der Waals surface area contributed by atoms with Crippen LogP contribution in [0.25, 0.3) is 10.8 Å². The zero-order valence-electron chi connectivity index (χ0n) is 20.7. The van der Waals surface area contributed by atoms with Crippen LogP contribution in [0.5, 0.6) is 0 Å². The second-order valence-corrected chi connectivity index (χ2v) is 11.1. The molecule has 1 fully saturated rings. The van der Waals surface area contributed by atoms with E-state index in [0.717, 1.165) is 23.6 Å². The molecular weight excluding hydrogens is 508 g/mol. The number of carbonyl (C=O) groups is 1. The van der Waals surface area contributed by atoms with Crippen molar-refractivity contribution in [2.75, 3.05) is 19.6 Å². The topological polar surface area (TPSA) is 172 Å². The van der Waals surface area contributed by atoms with Gasteiger partial charge in [-0.1, -0.05) is 42.5 Å². The van der Waals surface area contributed by atoms with Gasteiger partial charge in [0, 0.05) is 31.8 Å². The van der Waals surface area contributed by atoms with E-state index in [2.05, 4.69) is 10.0 Å². The van der Waals surface area contributed by atoms with Gasteiger partial charge in [0.15, 0.2) is 5.96 Å². The van der Waals surface area contributed by atoms with Crippen molar-refractivity contribution >= 4 is 38.3 Å². The minimum atomic E-state index is -4.10. The van der Waals surface area contributed by atoms with Gasteiger partial charge in [0.25, 0.3) is 5.69 Å². The Morgan fingerprint density at radius 3 is 2.63 bits per heavy atom. The van der Waals surface area contributed by atoms with Crippen molar-refractivity contribution in [1.82, 2.24) is 14.9 Å². The summed E-state index contributed by atoms with van der Waals surface area (Å²) in [6, 6.07) is 16.6. The number of hydrogen-bond acceptors (Lipinski definition) is 6. The van der Waals surface area contributed by atoms with E-state index in [0.29, 0.717) is 18.7 Å². The maximum atomic E-state index is 13.3. The monoisotopic (exact) mass is 538 g/mol. The highest BCUT2D eigenvalue weighted by atomic mass is 32.2. The van der Waals surface area contributed by atoms with Crippen LogP contribution in [-0.2, 0) is 21.2 Å². The Morgan fingerprint density at radius 2 is 1.89 bits per heavy atom. The predicted octanol–water partition coefficient (Wildman–Crippen LogP) is 2.36. The number of nitro benzene ring substituents is 1. The first-order valence-electron chi connectivity index (χ1n) is 12.2. The number of guanidine groups is 1. The third-order valence-electron chi connectivity index (χ3n) is 6.63. The normalized spacial score (nSPS) is 16.6. The number of nitrogens with two attached hydrogens (primary N) is 1. The minimum Gasteiger partial charge on any atom is -0.370 e. The molecule has 0 spiro atoms. The average Bonchev–Trinajstić information content (AvgIpc) is 2.91. The van der Waals surface area contributed by atoms with E-state index >= 15 is 0 Å². The average molecular weight is 539 g/mol. The summed E-state index contributed by atoms with van der Waals surface area (Å²) < 4.78 is 29.2. The molecule has 1 aliphatic rings. The number of sulfonamides is 1. The maximum Gasteiger partial charge on any atom is 0.269 e. The molecule has 2 atom stereocenters. The molecular formula is C26H30N6O5S. The fourth-order valence-electron chi connectivity index (χ4n) is 4.63. The third-order valence-corrected chi connectivity index (χ3v) is 8.10. The van der Waals surface area contributed by atoms with Gasteiger partial charge in [0.2, 0.25) is 15.9 Å². The van der Waals surface area contributed by atoms with Gasteiger partial charge < -0.3 is 16.0 Å². The lowest BCUT2D eigenvalue weighted by molar-refractivity contribution is -0.384. The smallest absolute Gasteiger partial charge is 0.269 e. The molecule has 12 heteroatoms. The lowest BCUT2D eigenvalue weighted by Gasteiger charge is -2.33. The molecule has 5 N–H and O–H groups in total. The van der Waals surface area contributed by atoms with Crippen molar-refractivity contribution in [2.45, 2.75) is 30.2 Å². The number of hydrogen-bond donors (Lipinski definition) is 4. The molecule has 1 amide bonds. The molecule has 1 heterocycles. The van der Waals surface area contributed by atoms with Gasteiger partial charge >= 0.3 is 0 Å². The number of piperidine rings is 1. The van der Waals surface area contributed by atoms with Gasteiger partial charge in [0.05, 0.1) is 9.82 Å². The van der Waals surface area contributed by atoms with Crippen LogP contribution in [0.4, 0.5) is 5.69 Å². The maximum absolute atomic E-state index is 13.3. The molecule has 0 aliphatic carbocycles. The number of benzene rings is 3. The van der Waals surface area contributed by atoms with Crippen LogP contribution in [0, 0.1) is 21.4 Å². The van der Waals surface area contributed by atoms with E-state index in [4.69, 9.17) is 11.1 Å². The molecule has 4 rings (SSSR count). The van der Waals surface area contributed by atoms with Crippen molar-refractivity contribution < 1.29 is 18.1 Å². The van der Waals surface area contributed by atoms with Gasteiger partial charge in [-0.25, -0.2) is 8.42 Å². The second kappa shape index (κ2) is 11.6. The standard InChI is InChI=1S/C26H30N6O5S/c27-26(28)31-12-4-6-19(17-31)16-29-25(33)24(14-18-5-3-9-22(13-18)32(34)35)30-38(36,37)23-11-10-20-7-1-2-8-21(20)15-23/h1-3,5,7-11,13,15,19,24,30H,4,6,12,14,16-17H2,(H3,27,28)(H,29,33)/t19-,24?/m0/s1. The largest absolute Gasteiger partial charge is 0.370 e. The lowest BCUT2D eigenvalue weighted by atomic mass is 9.98. The van der Waals surface area contributed by atoms with Crippen molar-refractivity contribution in [3.63, 3.8) is 0 Å². The number of nitro groups is 1. The zero-order chi connectivity index (χ0) is 27.3. The molecule has 1 aliphatic heterocycles. The van der Waals surface area contributed by atoms with Crippen LogP contribution in [0.15, 0.2) is 71.6 Å². The van der Waals surface area contributed by atoms with Crippen LogP contribution in [0.2, 0.25) is 0 Å². The number of carbonyl (C=O) groups excluding carboxylic acids is 1. The Hall–Kier alpha value is -4.03. The molecule has 1 unspecified atom stereocenters. The SMILES string of the molecule is N=C(N)N1CCC[C@@H](CNC(=O)C(Cc2cccc([N+](=O)[O-])c2)NS(=O)(=O)c2ccc3ccccc3c2)C1. The van der Waals surface area contributed by atoms with Crippen molar-refractivity contribution in [2.24, 2.45) is 11.7 Å². The highest BCUT2D eigenvalue weighted by Crippen LogP contribution is 2.21. The number of nitrogens with one attached hydrogen (secondary N) is 3. The first kappa shape index (κ1) is 27.0. The van der Waals surface area contributed by atoms with Crippen LogP contribution in [0.3, 0.4) is 0 Å². The Morgan fingerprint density at radius 1 is 1.13 bits per heavy atom. The summed E-state index contributed by atoms with van der Waals surface area (Å²) >= 11 is 0. The quantitative estimate of drug-likeness (QED) is 0.140. The summed E-state index contributed by atoms with van der Waals surface area (Å²) in [5.74, 6) is -0.513. The summed E-state index contributed by atoms with van der Waals surface area (Å²) in [6.45, 7) is 1.49. The number of non-ortho nitro benzene ring substituents is 1. The van der Waals surface area contributed by atoms with Crippen molar-refractivity contribution in [3.8, 4) is 0 Å². The molecule has 200 valence electrons. The molecule has 1 saturated heterocycles. The molecule has 3 aromatic rings. The Kier molecular flexibility index (Phi) is 8.23. The Labute approximate surface area is 220 Å². The van der Waals surface area contributed by atoms with Gasteiger partial charge in [-0.2, -0.15) is 4.72 Å². The number of amides is 1. The number of nitrogens with zero attached hydrogens (tertiary/aromatic N) is 2. The molecule has 38 heavy (non-hydrogen) atoms. The van der Waals surface area contributed by atoms with Crippen LogP contribution >= 0.6 is 0 Å². The van der Waals surface area contributed by atoms with Crippen LogP contribution in [-0.4, -0.2) is 55.8 Å². The fourth-order valence-corrected chi connectivity index (χ4v) is 5.86. The van der Waals surface area contributed by atoms with Gasteiger partial charge in [-0.05, 0) is 53.6 Å². The highest BCUT2D eigenvalue weighted by Gasteiger charge is 2.28. The Bertz CT molecular complexity index is 1460. The summed E-state index contributed by atoms with van der Waals surface area (Å²) in [5.41, 5.74) is 5.91. The lowest BCUT2D eigenvalue weighted by Crippen LogP contribution is -2.51. The molecule has 0 saturated carbocycles. The molecule has 0 radical (unpaired) electrons. The molecule has 0 bridgehead atoms. The van der Waals surface area contributed by atoms with E-state index in [1.807, 2.05) is 18.2 Å². The van der Waals surface area contributed by atoms with Crippen LogP contribution in [0.1, 0.15) is 18.4 Å². The van der Waals surface area contributed by atoms with E-state index < -0.39 is 26.9 Å². The second-order valence-electron chi connectivity index (χ2n) is 9.40. The van der Waals surface area contributed by atoms with E-state index in [1.165, 1.54) is 24.3 Å². The van der Waals surface area contributed by atoms with Gasteiger partial charge in [-0.15, -0.1) is 0 Å². The number of fused-ring (bicyclic) bond motifs is 1. The number of likely N-dealkylation sites (tertiary alicyclic amines) is 1. The molecule has 3 aromatic carbocycles. The predicted molar refractivity (Wildman–Crippen MR) is 144 cm³/mol. The minimum absolute atomic E-state index is 0.0115. The Balaban J connectivity index is 1.55.